The highest BCUT2D eigenvalue weighted by Gasteiger charge is 2.18. The number of anilines is 1. The summed E-state index contributed by atoms with van der Waals surface area (Å²) in [5.74, 6) is 0.479. The molecule has 2 aromatic rings. The van der Waals surface area contributed by atoms with E-state index < -0.39 is 0 Å². The van der Waals surface area contributed by atoms with Crippen LogP contribution in [0.25, 0.3) is 0 Å². The van der Waals surface area contributed by atoms with Crippen molar-refractivity contribution in [3.63, 3.8) is 0 Å². The van der Waals surface area contributed by atoms with Crippen LogP contribution in [-0.2, 0) is 4.79 Å². The standard InChI is InChI=1S/C20H24N2O4/c1-13-7-6-8-14(2)19(13)21-18(23)12-22(3)20(24)15-9-10-16(25-4)17(11-15)26-5/h6-11H,12H2,1-5H3,(H,21,23). The van der Waals surface area contributed by atoms with E-state index in [2.05, 4.69) is 5.32 Å². The Kier molecular flexibility index (Phi) is 6.22. The predicted octanol–water partition coefficient (Wildman–Crippen LogP) is 3.03. The first kappa shape index (κ1) is 19.3. The van der Waals surface area contributed by atoms with Gasteiger partial charge in [-0.2, -0.15) is 0 Å². The van der Waals surface area contributed by atoms with Gasteiger partial charge >= 0.3 is 0 Å². The second kappa shape index (κ2) is 8.38. The average molecular weight is 356 g/mol. The molecular formula is C20H24N2O4. The van der Waals surface area contributed by atoms with Crippen molar-refractivity contribution in [2.75, 3.05) is 33.1 Å². The number of benzene rings is 2. The number of nitrogens with one attached hydrogen (secondary N) is 1. The maximum atomic E-state index is 12.6. The lowest BCUT2D eigenvalue weighted by molar-refractivity contribution is -0.116. The van der Waals surface area contributed by atoms with Crippen LogP contribution in [0.4, 0.5) is 5.69 Å². The van der Waals surface area contributed by atoms with Gasteiger partial charge in [-0.05, 0) is 43.2 Å². The van der Waals surface area contributed by atoms with Crippen LogP contribution < -0.4 is 14.8 Å². The van der Waals surface area contributed by atoms with E-state index in [0.29, 0.717) is 17.1 Å². The van der Waals surface area contributed by atoms with Gasteiger partial charge in [-0.3, -0.25) is 9.59 Å². The molecule has 0 aliphatic heterocycles. The Balaban J connectivity index is 2.08. The Morgan fingerprint density at radius 3 is 2.19 bits per heavy atom. The third-order valence-corrected chi connectivity index (χ3v) is 4.10. The van der Waals surface area contributed by atoms with E-state index in [4.69, 9.17) is 9.47 Å². The monoisotopic (exact) mass is 356 g/mol. The summed E-state index contributed by atoms with van der Waals surface area (Å²) < 4.78 is 10.4. The van der Waals surface area contributed by atoms with Crippen molar-refractivity contribution in [2.24, 2.45) is 0 Å². The van der Waals surface area contributed by atoms with Gasteiger partial charge in [-0.1, -0.05) is 18.2 Å². The van der Waals surface area contributed by atoms with Gasteiger partial charge in [0.25, 0.3) is 5.91 Å². The Bertz CT molecular complexity index is 797. The number of nitrogens with zero attached hydrogens (tertiary/aromatic N) is 1. The summed E-state index contributed by atoms with van der Waals surface area (Å²) in [6, 6.07) is 10.7. The zero-order chi connectivity index (χ0) is 19.3. The lowest BCUT2D eigenvalue weighted by Gasteiger charge is -2.19. The first-order valence-electron chi connectivity index (χ1n) is 8.21. The summed E-state index contributed by atoms with van der Waals surface area (Å²) >= 11 is 0. The summed E-state index contributed by atoms with van der Waals surface area (Å²) in [4.78, 5) is 26.3. The normalized spacial score (nSPS) is 10.2. The minimum absolute atomic E-state index is 0.0546. The van der Waals surface area contributed by atoms with Crippen LogP contribution in [0.3, 0.4) is 0 Å². The molecule has 0 aliphatic rings. The van der Waals surface area contributed by atoms with Crippen LogP contribution in [0.2, 0.25) is 0 Å². The van der Waals surface area contributed by atoms with Gasteiger partial charge in [0, 0.05) is 18.3 Å². The van der Waals surface area contributed by atoms with Crippen LogP contribution in [0.15, 0.2) is 36.4 Å². The van der Waals surface area contributed by atoms with Gasteiger partial charge in [0.1, 0.15) is 0 Å². The lowest BCUT2D eigenvalue weighted by atomic mass is 10.1. The Morgan fingerprint density at radius 2 is 1.62 bits per heavy atom. The molecule has 6 nitrogen and oxygen atoms in total. The van der Waals surface area contributed by atoms with Gasteiger partial charge in [0.2, 0.25) is 5.91 Å². The Morgan fingerprint density at radius 1 is 1.00 bits per heavy atom. The highest BCUT2D eigenvalue weighted by Crippen LogP contribution is 2.28. The fraction of sp³-hybridized carbons (Fsp3) is 0.300. The molecule has 0 aromatic heterocycles. The van der Waals surface area contributed by atoms with Crippen molar-refractivity contribution in [3.8, 4) is 11.5 Å². The Hall–Kier alpha value is -3.02. The third kappa shape index (κ3) is 4.33. The molecule has 0 radical (unpaired) electrons. The molecule has 2 aromatic carbocycles. The van der Waals surface area contributed by atoms with Crippen molar-refractivity contribution < 1.29 is 19.1 Å². The lowest BCUT2D eigenvalue weighted by Crippen LogP contribution is -2.35. The largest absolute Gasteiger partial charge is 0.493 e. The van der Waals surface area contributed by atoms with Crippen LogP contribution in [0, 0.1) is 13.8 Å². The molecule has 0 saturated heterocycles. The highest BCUT2D eigenvalue weighted by atomic mass is 16.5. The van der Waals surface area contributed by atoms with Crippen molar-refractivity contribution in [1.82, 2.24) is 4.90 Å². The molecule has 0 fully saturated rings. The maximum Gasteiger partial charge on any atom is 0.254 e. The molecule has 138 valence electrons. The molecule has 1 N–H and O–H groups in total. The fourth-order valence-corrected chi connectivity index (χ4v) is 2.67. The first-order chi connectivity index (χ1) is 12.4. The zero-order valence-corrected chi connectivity index (χ0v) is 15.8. The van der Waals surface area contributed by atoms with E-state index in [1.807, 2.05) is 32.0 Å². The molecule has 0 aliphatic carbocycles. The van der Waals surface area contributed by atoms with Crippen molar-refractivity contribution in [3.05, 3.63) is 53.1 Å². The second-order valence-corrected chi connectivity index (χ2v) is 6.05. The highest BCUT2D eigenvalue weighted by molar-refractivity contribution is 6.00. The minimum Gasteiger partial charge on any atom is -0.493 e. The van der Waals surface area contributed by atoms with Gasteiger partial charge in [0.15, 0.2) is 11.5 Å². The molecule has 6 heteroatoms. The third-order valence-electron chi connectivity index (χ3n) is 4.10. The SMILES string of the molecule is COc1ccc(C(=O)N(C)CC(=O)Nc2c(C)cccc2C)cc1OC. The van der Waals surface area contributed by atoms with E-state index in [9.17, 15) is 9.59 Å². The molecule has 0 saturated carbocycles. The number of aryl methyl sites for hydroxylation is 2. The zero-order valence-electron chi connectivity index (χ0n) is 15.8. The number of rotatable bonds is 6. The summed E-state index contributed by atoms with van der Waals surface area (Å²) in [5.41, 5.74) is 3.16. The minimum atomic E-state index is -0.275. The van der Waals surface area contributed by atoms with Gasteiger partial charge < -0.3 is 19.7 Å². The molecule has 2 rings (SSSR count). The summed E-state index contributed by atoms with van der Waals surface area (Å²) in [6.07, 6.45) is 0. The molecule has 0 spiro atoms. The molecule has 0 bridgehead atoms. The topological polar surface area (TPSA) is 67.9 Å². The molecule has 2 amide bonds. The molecule has 0 unspecified atom stereocenters. The number of amides is 2. The number of para-hydroxylation sites is 1. The van der Waals surface area contributed by atoms with E-state index in [-0.39, 0.29) is 18.4 Å². The van der Waals surface area contributed by atoms with Crippen LogP contribution in [0.5, 0.6) is 11.5 Å². The number of methoxy groups -OCH3 is 2. The summed E-state index contributed by atoms with van der Waals surface area (Å²) in [5, 5.41) is 2.88. The number of hydrogen-bond donors (Lipinski definition) is 1. The van der Waals surface area contributed by atoms with Crippen LogP contribution in [0.1, 0.15) is 21.5 Å². The van der Waals surface area contributed by atoms with Gasteiger partial charge in [-0.25, -0.2) is 0 Å². The Labute approximate surface area is 153 Å². The molecule has 0 atom stereocenters. The average Bonchev–Trinajstić information content (AvgIpc) is 2.63. The summed E-state index contributed by atoms with van der Waals surface area (Å²) in [7, 11) is 4.63. The number of likely N-dealkylation sites (N-methyl/N-ethyl adjacent to an activating group) is 1. The maximum absolute atomic E-state index is 12.6. The van der Waals surface area contributed by atoms with Gasteiger partial charge in [0.05, 0.1) is 20.8 Å². The van der Waals surface area contributed by atoms with Crippen molar-refractivity contribution >= 4 is 17.5 Å². The van der Waals surface area contributed by atoms with E-state index in [0.717, 1.165) is 16.8 Å². The van der Waals surface area contributed by atoms with Crippen LogP contribution in [-0.4, -0.2) is 44.5 Å². The van der Waals surface area contributed by atoms with Crippen molar-refractivity contribution in [1.29, 1.82) is 0 Å². The van der Waals surface area contributed by atoms with E-state index in [1.54, 1.807) is 25.2 Å². The van der Waals surface area contributed by atoms with E-state index >= 15 is 0 Å². The number of hydrogen-bond acceptors (Lipinski definition) is 4. The predicted molar refractivity (Wildman–Crippen MR) is 101 cm³/mol. The number of ether oxygens (including phenoxy) is 2. The second-order valence-electron chi connectivity index (χ2n) is 6.05. The van der Waals surface area contributed by atoms with Crippen molar-refractivity contribution in [2.45, 2.75) is 13.8 Å². The quantitative estimate of drug-likeness (QED) is 0.864. The fourth-order valence-electron chi connectivity index (χ4n) is 2.67. The molecule has 0 heterocycles. The smallest absolute Gasteiger partial charge is 0.254 e. The number of carbonyl (C=O) groups excluding carboxylic acids is 2. The number of carbonyl (C=O) groups is 2. The molecular weight excluding hydrogens is 332 g/mol. The van der Waals surface area contributed by atoms with Gasteiger partial charge in [-0.15, -0.1) is 0 Å². The summed E-state index contributed by atoms with van der Waals surface area (Å²) in [6.45, 7) is 3.81. The van der Waals surface area contributed by atoms with Crippen LogP contribution >= 0.6 is 0 Å². The molecule has 26 heavy (non-hydrogen) atoms. The van der Waals surface area contributed by atoms with E-state index in [1.165, 1.54) is 19.1 Å². The first-order valence-corrected chi connectivity index (χ1v) is 8.21.